The van der Waals surface area contributed by atoms with Gasteiger partial charge in [0.2, 0.25) is 0 Å². The Morgan fingerprint density at radius 3 is 2.73 bits per heavy atom. The van der Waals surface area contributed by atoms with Gasteiger partial charge in [-0.15, -0.1) is 0 Å². The fourth-order valence-electron chi connectivity index (χ4n) is 2.58. The molecule has 1 aromatic carbocycles. The van der Waals surface area contributed by atoms with Crippen molar-refractivity contribution in [2.24, 2.45) is 0 Å². The Hall–Kier alpha value is -2.37. The number of benzene rings is 1. The molecule has 0 saturated heterocycles. The maximum absolute atomic E-state index is 11.6. The summed E-state index contributed by atoms with van der Waals surface area (Å²) in [6.07, 6.45) is 0.239. The van der Waals surface area contributed by atoms with E-state index in [2.05, 4.69) is 10.5 Å². The van der Waals surface area contributed by atoms with Crippen LogP contribution in [0, 0.1) is 5.41 Å². The van der Waals surface area contributed by atoms with Crippen molar-refractivity contribution >= 4 is 24.9 Å². The molecule has 0 unspecified atom stereocenters. The van der Waals surface area contributed by atoms with E-state index in [9.17, 15) is 4.79 Å². The van der Waals surface area contributed by atoms with Gasteiger partial charge in [-0.05, 0) is 20.8 Å². The van der Waals surface area contributed by atoms with Gasteiger partial charge in [-0.3, -0.25) is 10.2 Å². The summed E-state index contributed by atoms with van der Waals surface area (Å²) in [6, 6.07) is 9.77. The van der Waals surface area contributed by atoms with Gasteiger partial charge in [0, 0.05) is 18.1 Å². The molecule has 0 aliphatic rings. The highest BCUT2D eigenvalue weighted by atomic mass is 16.5. The number of carbonyl (C=O) groups is 1. The predicted octanol–water partition coefficient (Wildman–Crippen LogP) is 1.38. The van der Waals surface area contributed by atoms with Gasteiger partial charge in [0.15, 0.2) is 5.76 Å². The minimum Gasteiger partial charge on any atom is -0.363 e. The molecule has 2 N–H and O–H groups in total. The van der Waals surface area contributed by atoms with Crippen LogP contribution in [0.15, 0.2) is 34.9 Å². The lowest BCUT2D eigenvalue weighted by Crippen LogP contribution is -2.43. The van der Waals surface area contributed by atoms with Gasteiger partial charge in [-0.2, -0.15) is 0 Å². The molecule has 114 valence electrons. The van der Waals surface area contributed by atoms with E-state index in [4.69, 9.17) is 9.93 Å². The summed E-state index contributed by atoms with van der Waals surface area (Å²) in [6.45, 7) is 5.02. The molecule has 6 heteroatoms. The number of rotatable bonds is 5. The normalized spacial score (nSPS) is 13.4. The summed E-state index contributed by atoms with van der Waals surface area (Å²) < 4.78 is 5.44. The number of Topliss-reactive ketones (excluding diaryl/α,β-unsaturated/α-hetero) is 1. The Morgan fingerprint density at radius 2 is 2.14 bits per heavy atom. The van der Waals surface area contributed by atoms with Crippen LogP contribution in [0.4, 0.5) is 0 Å². The van der Waals surface area contributed by atoms with Crippen LogP contribution in [-0.2, 0) is 10.3 Å². The highest BCUT2D eigenvalue weighted by molar-refractivity contribution is 6.32. The van der Waals surface area contributed by atoms with Gasteiger partial charge in [0.1, 0.15) is 19.3 Å². The Balaban J connectivity index is 2.38. The molecule has 5 nitrogen and oxygen atoms in total. The average molecular weight is 297 g/mol. The molecule has 0 amide bonds. The molecule has 2 aromatic rings. The molecule has 1 heterocycles. The summed E-state index contributed by atoms with van der Waals surface area (Å²) in [4.78, 5) is 11.6. The van der Waals surface area contributed by atoms with Crippen LogP contribution >= 0.6 is 0 Å². The summed E-state index contributed by atoms with van der Waals surface area (Å²) in [5, 5.41) is 14.8. The van der Waals surface area contributed by atoms with E-state index in [1.807, 2.05) is 45.1 Å². The largest absolute Gasteiger partial charge is 0.363 e. The van der Waals surface area contributed by atoms with Crippen molar-refractivity contribution in [1.29, 1.82) is 5.41 Å². The van der Waals surface area contributed by atoms with E-state index < -0.39 is 5.54 Å². The first-order valence-corrected chi connectivity index (χ1v) is 7.17. The van der Waals surface area contributed by atoms with E-state index in [-0.39, 0.29) is 18.0 Å². The van der Waals surface area contributed by atoms with Gasteiger partial charge in [-0.25, -0.2) is 0 Å². The smallest absolute Gasteiger partial charge is 0.167 e. The van der Waals surface area contributed by atoms with Gasteiger partial charge in [0.25, 0.3) is 0 Å². The van der Waals surface area contributed by atoms with Crippen molar-refractivity contribution in [3.8, 4) is 11.3 Å². The summed E-state index contributed by atoms with van der Waals surface area (Å²) in [5.41, 5.74) is 1.94. The van der Waals surface area contributed by atoms with E-state index in [1.165, 1.54) is 6.92 Å². The van der Waals surface area contributed by atoms with Crippen LogP contribution in [0.5, 0.6) is 0 Å². The van der Waals surface area contributed by atoms with Gasteiger partial charge in [0.05, 0.1) is 11.4 Å². The molecule has 0 aliphatic carbocycles. The van der Waals surface area contributed by atoms with E-state index in [1.54, 1.807) is 6.92 Å². The maximum Gasteiger partial charge on any atom is 0.167 e. The van der Waals surface area contributed by atoms with E-state index in [0.29, 0.717) is 11.5 Å². The number of carbonyl (C=O) groups excluding carboxylic acids is 1. The molecule has 0 saturated carbocycles. The molecule has 1 aromatic heterocycles. The van der Waals surface area contributed by atoms with Crippen molar-refractivity contribution < 1.29 is 9.32 Å². The standard InChI is InChI=1S/C16H20BN3O2/c1-10(21)9-16(3,19-11(2)18)15-8-14(22-20-15)12-5-4-6-13(17)7-12/h4-8H,9,17H2,1-3H3,(H2,18,19)/t16-/m0/s1. The van der Waals surface area contributed by atoms with Crippen molar-refractivity contribution in [3.63, 3.8) is 0 Å². The van der Waals surface area contributed by atoms with Crippen molar-refractivity contribution in [2.45, 2.75) is 32.7 Å². The maximum atomic E-state index is 11.6. The quantitative estimate of drug-likeness (QED) is 0.496. The number of hydrogen-bond donors (Lipinski definition) is 2. The number of aromatic nitrogens is 1. The Labute approximate surface area is 131 Å². The highest BCUT2D eigenvalue weighted by Crippen LogP contribution is 2.28. The van der Waals surface area contributed by atoms with Crippen LogP contribution in [0.2, 0.25) is 0 Å². The highest BCUT2D eigenvalue weighted by Gasteiger charge is 2.32. The molecular weight excluding hydrogens is 277 g/mol. The summed E-state index contributed by atoms with van der Waals surface area (Å²) in [7, 11) is 2.01. The molecule has 0 bridgehead atoms. The lowest BCUT2D eigenvalue weighted by atomic mass is 9.90. The third-order valence-electron chi connectivity index (χ3n) is 3.44. The second-order valence-corrected chi connectivity index (χ2v) is 5.91. The van der Waals surface area contributed by atoms with E-state index >= 15 is 0 Å². The zero-order valence-electron chi connectivity index (χ0n) is 13.4. The summed E-state index contributed by atoms with van der Waals surface area (Å²) >= 11 is 0. The number of amidine groups is 1. The first-order valence-electron chi connectivity index (χ1n) is 7.17. The van der Waals surface area contributed by atoms with Crippen LogP contribution in [0.25, 0.3) is 11.3 Å². The first kappa shape index (κ1) is 16.0. The average Bonchev–Trinajstić information content (AvgIpc) is 2.86. The molecule has 2 rings (SSSR count). The predicted molar refractivity (Wildman–Crippen MR) is 89.3 cm³/mol. The minimum atomic E-state index is -0.747. The monoisotopic (exact) mass is 297 g/mol. The number of nitrogens with one attached hydrogen (secondary N) is 2. The Bertz CT molecular complexity index is 693. The number of hydrogen-bond acceptors (Lipinski definition) is 4. The molecule has 0 fully saturated rings. The third kappa shape index (κ3) is 3.64. The van der Waals surface area contributed by atoms with Crippen LogP contribution < -0.4 is 10.8 Å². The zero-order chi connectivity index (χ0) is 16.3. The zero-order valence-corrected chi connectivity index (χ0v) is 13.4. The third-order valence-corrected chi connectivity index (χ3v) is 3.44. The topological polar surface area (TPSA) is 79.0 Å². The van der Waals surface area contributed by atoms with Crippen molar-refractivity contribution in [3.05, 3.63) is 36.0 Å². The van der Waals surface area contributed by atoms with Crippen LogP contribution in [-0.4, -0.2) is 24.6 Å². The summed E-state index contributed by atoms with van der Waals surface area (Å²) in [5.74, 6) is 0.957. The van der Waals surface area contributed by atoms with E-state index in [0.717, 1.165) is 11.0 Å². The van der Waals surface area contributed by atoms with Crippen LogP contribution in [0.1, 0.15) is 32.9 Å². The number of nitrogens with zero attached hydrogens (tertiary/aromatic N) is 1. The molecular formula is C16H20BN3O2. The molecule has 0 spiro atoms. The lowest BCUT2D eigenvalue weighted by Gasteiger charge is -2.28. The van der Waals surface area contributed by atoms with Gasteiger partial charge >= 0.3 is 0 Å². The molecule has 0 aliphatic heterocycles. The van der Waals surface area contributed by atoms with Crippen molar-refractivity contribution in [2.75, 3.05) is 0 Å². The SMILES string of the molecule is Bc1cccc(-c2cc([C@](C)(CC(C)=O)NC(C)=N)no2)c1. The Morgan fingerprint density at radius 1 is 1.41 bits per heavy atom. The van der Waals surface area contributed by atoms with Crippen LogP contribution in [0.3, 0.4) is 0 Å². The van der Waals surface area contributed by atoms with Crippen molar-refractivity contribution in [1.82, 2.24) is 10.5 Å². The number of ketones is 1. The molecule has 22 heavy (non-hydrogen) atoms. The Kier molecular flexibility index (Phi) is 4.49. The first-order chi connectivity index (χ1) is 10.3. The molecule has 0 radical (unpaired) electrons. The fourth-order valence-corrected chi connectivity index (χ4v) is 2.58. The van der Waals surface area contributed by atoms with Gasteiger partial charge < -0.3 is 9.84 Å². The molecule has 1 atom stereocenters. The lowest BCUT2D eigenvalue weighted by molar-refractivity contribution is -0.118. The second-order valence-electron chi connectivity index (χ2n) is 5.91. The minimum absolute atomic E-state index is 0.0244. The second kappa shape index (κ2) is 6.18. The fraction of sp³-hybridized carbons (Fsp3) is 0.312. The van der Waals surface area contributed by atoms with Gasteiger partial charge in [-0.1, -0.05) is 34.9 Å².